The molecule has 0 radical (unpaired) electrons. The Balaban J connectivity index is 1.70. The van der Waals surface area contributed by atoms with Gasteiger partial charge in [0.15, 0.2) is 10.8 Å². The molecule has 0 unspecified atom stereocenters. The van der Waals surface area contributed by atoms with E-state index < -0.39 is 0 Å². The van der Waals surface area contributed by atoms with Crippen LogP contribution in [-0.2, 0) is 6.42 Å². The number of carbonyl (C=O) groups excluding carboxylic acids is 1. The van der Waals surface area contributed by atoms with E-state index in [0.29, 0.717) is 21.6 Å². The molecule has 0 aliphatic heterocycles. The summed E-state index contributed by atoms with van der Waals surface area (Å²) in [5.41, 5.74) is 2.55. The molecule has 124 valence electrons. The van der Waals surface area contributed by atoms with Crippen molar-refractivity contribution in [1.29, 1.82) is 0 Å². The quantitative estimate of drug-likeness (QED) is 0.678. The lowest BCUT2D eigenvalue weighted by atomic mass is 10.1. The second kappa shape index (κ2) is 6.82. The predicted octanol–water partition coefficient (Wildman–Crippen LogP) is 4.23. The zero-order chi connectivity index (χ0) is 17.3. The summed E-state index contributed by atoms with van der Waals surface area (Å²) in [6, 6.07) is 5.17. The van der Waals surface area contributed by atoms with Gasteiger partial charge in [0.1, 0.15) is 5.82 Å². The molecule has 0 atom stereocenters. The van der Waals surface area contributed by atoms with Crippen LogP contribution in [0.25, 0.3) is 0 Å². The molecule has 2 heterocycles. The van der Waals surface area contributed by atoms with Crippen molar-refractivity contribution in [2.45, 2.75) is 20.3 Å². The van der Waals surface area contributed by atoms with Crippen molar-refractivity contribution in [1.82, 2.24) is 15.2 Å². The lowest BCUT2D eigenvalue weighted by Gasteiger charge is -2.01. The molecule has 0 saturated carbocycles. The summed E-state index contributed by atoms with van der Waals surface area (Å²) in [6.45, 7) is 3.55. The first-order chi connectivity index (χ1) is 11.4. The van der Waals surface area contributed by atoms with Crippen molar-refractivity contribution in [2.24, 2.45) is 0 Å². The van der Waals surface area contributed by atoms with Gasteiger partial charge in [-0.05, 0) is 47.0 Å². The van der Waals surface area contributed by atoms with E-state index in [1.807, 2.05) is 13.0 Å². The van der Waals surface area contributed by atoms with Gasteiger partial charge in [0.05, 0.1) is 4.47 Å². The van der Waals surface area contributed by atoms with E-state index >= 15 is 0 Å². The van der Waals surface area contributed by atoms with Gasteiger partial charge in [-0.3, -0.25) is 15.2 Å². The first-order valence-corrected chi connectivity index (χ1v) is 8.76. The molecule has 0 fully saturated rings. The van der Waals surface area contributed by atoms with Gasteiger partial charge in [0.2, 0.25) is 0 Å². The second-order valence-electron chi connectivity index (χ2n) is 5.36. The molecule has 2 aromatic heterocycles. The standard InChI is InChI=1S/C16H14BrFN4OS/c1-8-3-4-10(6-12(8)18)5-11-7-19-16(24-11)20-15(23)14-13(17)9(2)21-22-14/h3-4,6-7H,5H2,1-2H3,(H,21,22)(H,19,20,23). The predicted molar refractivity (Wildman–Crippen MR) is 95.0 cm³/mol. The zero-order valence-electron chi connectivity index (χ0n) is 13.0. The molecule has 2 N–H and O–H groups in total. The Morgan fingerprint density at radius 1 is 1.42 bits per heavy atom. The lowest BCUT2D eigenvalue weighted by molar-refractivity contribution is 0.102. The molecule has 8 heteroatoms. The summed E-state index contributed by atoms with van der Waals surface area (Å²) in [5.74, 6) is -0.558. The number of hydrogen-bond acceptors (Lipinski definition) is 4. The third kappa shape index (κ3) is 3.54. The van der Waals surface area contributed by atoms with Gasteiger partial charge < -0.3 is 0 Å². The lowest BCUT2D eigenvalue weighted by Crippen LogP contribution is -2.12. The maximum absolute atomic E-state index is 13.6. The molecule has 24 heavy (non-hydrogen) atoms. The van der Waals surface area contributed by atoms with Crippen LogP contribution in [0.5, 0.6) is 0 Å². The summed E-state index contributed by atoms with van der Waals surface area (Å²) in [5, 5.41) is 9.90. The van der Waals surface area contributed by atoms with E-state index in [2.05, 4.69) is 36.4 Å². The number of halogens is 2. The Labute approximate surface area is 150 Å². The number of aromatic amines is 1. The van der Waals surface area contributed by atoms with E-state index in [0.717, 1.165) is 16.1 Å². The van der Waals surface area contributed by atoms with Crippen LogP contribution in [0.15, 0.2) is 28.9 Å². The van der Waals surface area contributed by atoms with E-state index in [1.54, 1.807) is 19.2 Å². The molecule has 0 saturated heterocycles. The highest BCUT2D eigenvalue weighted by molar-refractivity contribution is 9.10. The molecule has 1 amide bonds. The molecule has 1 aromatic carbocycles. The Kier molecular flexibility index (Phi) is 4.77. The van der Waals surface area contributed by atoms with E-state index in [9.17, 15) is 9.18 Å². The fourth-order valence-corrected chi connectivity index (χ4v) is 3.32. The monoisotopic (exact) mass is 408 g/mol. The highest BCUT2D eigenvalue weighted by Gasteiger charge is 2.17. The van der Waals surface area contributed by atoms with Gasteiger partial charge in [0.25, 0.3) is 5.91 Å². The number of anilines is 1. The minimum absolute atomic E-state index is 0.218. The van der Waals surface area contributed by atoms with Crippen LogP contribution < -0.4 is 5.32 Å². The highest BCUT2D eigenvalue weighted by atomic mass is 79.9. The second-order valence-corrected chi connectivity index (χ2v) is 7.27. The van der Waals surface area contributed by atoms with Crippen molar-refractivity contribution in [3.63, 3.8) is 0 Å². The summed E-state index contributed by atoms with van der Waals surface area (Å²) in [7, 11) is 0. The molecule has 5 nitrogen and oxygen atoms in total. The number of amides is 1. The summed E-state index contributed by atoms with van der Waals surface area (Å²) in [6.07, 6.45) is 2.25. The van der Waals surface area contributed by atoms with Crippen molar-refractivity contribution in [2.75, 3.05) is 5.32 Å². The summed E-state index contributed by atoms with van der Waals surface area (Å²) >= 11 is 4.67. The van der Waals surface area contributed by atoms with E-state index in [-0.39, 0.29) is 17.4 Å². The van der Waals surface area contributed by atoms with Crippen LogP contribution in [0.2, 0.25) is 0 Å². The fraction of sp³-hybridized carbons (Fsp3) is 0.188. The van der Waals surface area contributed by atoms with E-state index in [1.165, 1.54) is 17.4 Å². The molecular weight excluding hydrogens is 395 g/mol. The smallest absolute Gasteiger partial charge is 0.279 e. The van der Waals surface area contributed by atoms with Crippen LogP contribution in [-0.4, -0.2) is 21.1 Å². The number of rotatable bonds is 4. The third-order valence-electron chi connectivity index (χ3n) is 3.48. The number of aromatic nitrogens is 3. The first-order valence-electron chi connectivity index (χ1n) is 7.15. The molecule has 0 bridgehead atoms. The average molecular weight is 409 g/mol. The Morgan fingerprint density at radius 2 is 2.21 bits per heavy atom. The average Bonchev–Trinajstić information content (AvgIpc) is 3.11. The van der Waals surface area contributed by atoms with Crippen LogP contribution in [0.4, 0.5) is 9.52 Å². The Morgan fingerprint density at radius 3 is 2.88 bits per heavy atom. The maximum atomic E-state index is 13.6. The number of nitrogens with one attached hydrogen (secondary N) is 2. The van der Waals surface area contributed by atoms with Crippen molar-refractivity contribution < 1.29 is 9.18 Å². The van der Waals surface area contributed by atoms with Crippen LogP contribution >= 0.6 is 27.3 Å². The molecule has 3 rings (SSSR count). The van der Waals surface area contributed by atoms with Gasteiger partial charge >= 0.3 is 0 Å². The number of nitrogens with zero attached hydrogens (tertiary/aromatic N) is 2. The minimum Gasteiger partial charge on any atom is -0.296 e. The highest BCUT2D eigenvalue weighted by Crippen LogP contribution is 2.24. The number of aryl methyl sites for hydroxylation is 2. The molecule has 3 aromatic rings. The van der Waals surface area contributed by atoms with Crippen molar-refractivity contribution in [3.05, 3.63) is 62.1 Å². The Hall–Kier alpha value is -2.06. The fourth-order valence-electron chi connectivity index (χ4n) is 2.12. The molecule has 0 aliphatic carbocycles. The topological polar surface area (TPSA) is 70.7 Å². The van der Waals surface area contributed by atoms with Gasteiger partial charge in [-0.1, -0.05) is 12.1 Å². The third-order valence-corrected chi connectivity index (χ3v) is 5.36. The van der Waals surface area contributed by atoms with Gasteiger partial charge in [-0.25, -0.2) is 9.37 Å². The number of hydrogen-bond donors (Lipinski definition) is 2. The molecule has 0 spiro atoms. The number of thiazole rings is 1. The van der Waals surface area contributed by atoms with Crippen molar-refractivity contribution in [3.8, 4) is 0 Å². The van der Waals surface area contributed by atoms with Crippen LogP contribution in [0.3, 0.4) is 0 Å². The van der Waals surface area contributed by atoms with Crippen LogP contribution in [0.1, 0.15) is 32.2 Å². The van der Waals surface area contributed by atoms with Crippen molar-refractivity contribution >= 4 is 38.3 Å². The first kappa shape index (κ1) is 16.8. The normalized spacial score (nSPS) is 10.8. The van der Waals surface area contributed by atoms with E-state index in [4.69, 9.17) is 0 Å². The SMILES string of the molecule is Cc1ccc(Cc2cnc(NC(=O)c3n[nH]c(C)c3Br)s2)cc1F. The van der Waals surface area contributed by atoms with Crippen LogP contribution in [0, 0.1) is 19.7 Å². The summed E-state index contributed by atoms with van der Waals surface area (Å²) < 4.78 is 14.2. The largest absolute Gasteiger partial charge is 0.296 e. The number of H-pyrrole nitrogens is 1. The molecular formula is C16H14BrFN4OS. The zero-order valence-corrected chi connectivity index (χ0v) is 15.4. The van der Waals surface area contributed by atoms with Gasteiger partial charge in [-0.2, -0.15) is 5.10 Å². The Bertz CT molecular complexity index is 905. The van der Waals surface area contributed by atoms with Gasteiger partial charge in [-0.15, -0.1) is 11.3 Å². The number of benzene rings is 1. The number of carbonyl (C=O) groups is 1. The minimum atomic E-state index is -0.339. The maximum Gasteiger partial charge on any atom is 0.279 e. The molecule has 0 aliphatic rings. The summed E-state index contributed by atoms with van der Waals surface area (Å²) in [4.78, 5) is 17.3. The van der Waals surface area contributed by atoms with Gasteiger partial charge in [0, 0.05) is 23.2 Å².